The third-order valence-corrected chi connectivity index (χ3v) is 3.17. The third-order valence-electron chi connectivity index (χ3n) is 3.17. The number of nitrogens with zero attached hydrogens (tertiary/aromatic N) is 2. The summed E-state index contributed by atoms with van der Waals surface area (Å²) in [5.74, 6) is 0.708. The van der Waals surface area contributed by atoms with Crippen molar-refractivity contribution in [3.63, 3.8) is 0 Å². The maximum atomic E-state index is 11.2. The molecule has 0 amide bonds. The molecule has 0 aromatic carbocycles. The normalized spacial score (nSPS) is 18.8. The maximum absolute atomic E-state index is 11.2. The van der Waals surface area contributed by atoms with E-state index >= 15 is 0 Å². The lowest BCUT2D eigenvalue weighted by atomic mass is 9.96. The molecule has 1 fully saturated rings. The molecule has 5 nitrogen and oxygen atoms in total. The van der Waals surface area contributed by atoms with Crippen LogP contribution in [0.15, 0.2) is 10.9 Å². The van der Waals surface area contributed by atoms with Crippen LogP contribution in [0, 0.1) is 0 Å². The Morgan fingerprint density at radius 1 is 1.56 bits per heavy atom. The van der Waals surface area contributed by atoms with Gasteiger partial charge in [0.1, 0.15) is 5.82 Å². The summed E-state index contributed by atoms with van der Waals surface area (Å²) in [7, 11) is 0. The number of aromatic nitrogens is 2. The van der Waals surface area contributed by atoms with E-state index in [1.165, 1.54) is 0 Å². The van der Waals surface area contributed by atoms with Gasteiger partial charge in [-0.3, -0.25) is 4.79 Å². The Labute approximate surface area is 94.1 Å². The SMILES string of the molecule is CCN1CCC(c2nc(O)cc(=O)[nH]2)CC1. The Hall–Kier alpha value is -1.36. The summed E-state index contributed by atoms with van der Waals surface area (Å²) < 4.78 is 0. The molecule has 0 saturated carbocycles. The molecule has 88 valence electrons. The number of rotatable bonds is 2. The van der Waals surface area contributed by atoms with Crippen molar-refractivity contribution in [1.82, 2.24) is 14.9 Å². The van der Waals surface area contributed by atoms with Gasteiger partial charge in [0.05, 0.1) is 6.07 Å². The van der Waals surface area contributed by atoms with E-state index in [1.54, 1.807) is 0 Å². The molecule has 5 heteroatoms. The van der Waals surface area contributed by atoms with E-state index in [1.807, 2.05) is 0 Å². The Kier molecular flexibility index (Phi) is 3.24. The van der Waals surface area contributed by atoms with E-state index in [-0.39, 0.29) is 17.4 Å². The fourth-order valence-electron chi connectivity index (χ4n) is 2.18. The highest BCUT2D eigenvalue weighted by molar-refractivity contribution is 5.09. The van der Waals surface area contributed by atoms with Gasteiger partial charge in [-0.1, -0.05) is 6.92 Å². The minimum Gasteiger partial charge on any atom is -0.493 e. The average molecular weight is 223 g/mol. The summed E-state index contributed by atoms with van der Waals surface area (Å²) in [6.45, 7) is 5.27. The van der Waals surface area contributed by atoms with Crippen LogP contribution in [0.2, 0.25) is 0 Å². The Morgan fingerprint density at radius 2 is 2.25 bits per heavy atom. The number of H-pyrrole nitrogens is 1. The largest absolute Gasteiger partial charge is 0.493 e. The molecule has 1 saturated heterocycles. The number of nitrogens with one attached hydrogen (secondary N) is 1. The molecule has 1 aliphatic rings. The highest BCUT2D eigenvalue weighted by Gasteiger charge is 2.21. The van der Waals surface area contributed by atoms with Gasteiger partial charge in [-0.25, -0.2) is 4.98 Å². The number of hydrogen-bond donors (Lipinski definition) is 2. The molecule has 1 aromatic heterocycles. The molecule has 2 heterocycles. The summed E-state index contributed by atoms with van der Waals surface area (Å²) in [6, 6.07) is 1.10. The van der Waals surface area contributed by atoms with Gasteiger partial charge in [0, 0.05) is 5.92 Å². The van der Waals surface area contributed by atoms with E-state index in [4.69, 9.17) is 0 Å². The Balaban J connectivity index is 2.11. The molecule has 0 radical (unpaired) electrons. The average Bonchev–Trinajstić information content (AvgIpc) is 2.28. The molecule has 16 heavy (non-hydrogen) atoms. The molecule has 0 atom stereocenters. The van der Waals surface area contributed by atoms with Crippen molar-refractivity contribution < 1.29 is 5.11 Å². The molecule has 0 aliphatic carbocycles. The van der Waals surface area contributed by atoms with Crippen molar-refractivity contribution in [3.05, 3.63) is 22.2 Å². The van der Waals surface area contributed by atoms with Crippen LogP contribution < -0.4 is 5.56 Å². The molecule has 2 rings (SSSR count). The molecular formula is C11H17N3O2. The lowest BCUT2D eigenvalue weighted by Crippen LogP contribution is -2.33. The zero-order chi connectivity index (χ0) is 11.5. The minimum absolute atomic E-state index is 0.184. The molecule has 1 aromatic rings. The first-order valence-electron chi connectivity index (χ1n) is 5.71. The highest BCUT2D eigenvalue weighted by atomic mass is 16.3. The maximum Gasteiger partial charge on any atom is 0.254 e. The number of piperidine rings is 1. The summed E-state index contributed by atoms with van der Waals surface area (Å²) in [5, 5.41) is 9.28. The van der Waals surface area contributed by atoms with Crippen molar-refractivity contribution in [2.75, 3.05) is 19.6 Å². The Morgan fingerprint density at radius 3 is 2.81 bits per heavy atom. The lowest BCUT2D eigenvalue weighted by molar-refractivity contribution is 0.218. The first-order valence-corrected chi connectivity index (χ1v) is 5.71. The van der Waals surface area contributed by atoms with Crippen LogP contribution in [0.1, 0.15) is 31.5 Å². The van der Waals surface area contributed by atoms with Crippen LogP contribution in [-0.2, 0) is 0 Å². The fraction of sp³-hybridized carbons (Fsp3) is 0.636. The second-order valence-corrected chi connectivity index (χ2v) is 4.20. The van der Waals surface area contributed by atoms with E-state index in [2.05, 4.69) is 21.8 Å². The molecule has 0 spiro atoms. The summed E-state index contributed by atoms with van der Waals surface area (Å²) in [5.41, 5.74) is -0.277. The topological polar surface area (TPSA) is 69.2 Å². The highest BCUT2D eigenvalue weighted by Crippen LogP contribution is 2.25. The molecular weight excluding hydrogens is 206 g/mol. The number of aromatic amines is 1. The van der Waals surface area contributed by atoms with Gasteiger partial charge < -0.3 is 15.0 Å². The zero-order valence-electron chi connectivity index (χ0n) is 9.44. The summed E-state index contributed by atoms with van der Waals surface area (Å²) in [6.07, 6.45) is 1.97. The van der Waals surface area contributed by atoms with Gasteiger partial charge in [0.15, 0.2) is 0 Å². The predicted octanol–water partition coefficient (Wildman–Crippen LogP) is 0.675. The smallest absolute Gasteiger partial charge is 0.254 e. The molecule has 2 N–H and O–H groups in total. The third kappa shape index (κ3) is 2.41. The van der Waals surface area contributed by atoms with Crippen LogP contribution in [0.5, 0.6) is 5.88 Å². The van der Waals surface area contributed by atoms with Gasteiger partial charge in [-0.05, 0) is 32.5 Å². The van der Waals surface area contributed by atoms with E-state index in [9.17, 15) is 9.90 Å². The minimum atomic E-state index is -0.277. The second kappa shape index (κ2) is 4.65. The van der Waals surface area contributed by atoms with E-state index in [0.29, 0.717) is 5.82 Å². The van der Waals surface area contributed by atoms with Crippen molar-refractivity contribution >= 4 is 0 Å². The molecule has 0 bridgehead atoms. The van der Waals surface area contributed by atoms with Gasteiger partial charge in [-0.15, -0.1) is 0 Å². The van der Waals surface area contributed by atoms with Crippen LogP contribution in [0.25, 0.3) is 0 Å². The van der Waals surface area contributed by atoms with Gasteiger partial charge in [0.2, 0.25) is 5.88 Å². The van der Waals surface area contributed by atoms with Crippen LogP contribution >= 0.6 is 0 Å². The van der Waals surface area contributed by atoms with Crippen LogP contribution in [0.4, 0.5) is 0 Å². The molecule has 1 aliphatic heterocycles. The molecule has 0 unspecified atom stereocenters. The number of likely N-dealkylation sites (tertiary alicyclic amines) is 1. The van der Waals surface area contributed by atoms with Gasteiger partial charge in [-0.2, -0.15) is 0 Å². The number of hydrogen-bond acceptors (Lipinski definition) is 4. The standard InChI is InChI=1S/C11H17N3O2/c1-2-14-5-3-8(4-6-14)11-12-9(15)7-10(16)13-11/h7-8H,2-6H2,1H3,(H2,12,13,15,16). The zero-order valence-corrected chi connectivity index (χ0v) is 9.44. The van der Waals surface area contributed by atoms with Gasteiger partial charge >= 0.3 is 0 Å². The quantitative estimate of drug-likeness (QED) is 0.773. The van der Waals surface area contributed by atoms with Crippen molar-refractivity contribution in [1.29, 1.82) is 0 Å². The summed E-state index contributed by atoms with van der Waals surface area (Å²) >= 11 is 0. The lowest BCUT2D eigenvalue weighted by Gasteiger charge is -2.30. The van der Waals surface area contributed by atoms with Gasteiger partial charge in [0.25, 0.3) is 5.56 Å². The van der Waals surface area contributed by atoms with E-state index in [0.717, 1.165) is 38.5 Å². The van der Waals surface area contributed by atoms with Crippen LogP contribution in [-0.4, -0.2) is 39.6 Å². The first kappa shape index (κ1) is 11.1. The van der Waals surface area contributed by atoms with Crippen molar-refractivity contribution in [3.8, 4) is 5.88 Å². The van der Waals surface area contributed by atoms with Crippen LogP contribution in [0.3, 0.4) is 0 Å². The number of aromatic hydroxyl groups is 1. The second-order valence-electron chi connectivity index (χ2n) is 4.20. The summed E-state index contributed by atoms with van der Waals surface area (Å²) in [4.78, 5) is 20.3. The monoisotopic (exact) mass is 223 g/mol. The van der Waals surface area contributed by atoms with Crippen molar-refractivity contribution in [2.24, 2.45) is 0 Å². The first-order chi connectivity index (χ1) is 7.69. The van der Waals surface area contributed by atoms with E-state index < -0.39 is 0 Å². The predicted molar refractivity (Wildman–Crippen MR) is 60.6 cm³/mol. The fourth-order valence-corrected chi connectivity index (χ4v) is 2.18. The van der Waals surface area contributed by atoms with Crippen molar-refractivity contribution in [2.45, 2.75) is 25.7 Å². The Bertz CT molecular complexity index is 408.